The number of rotatable bonds is 9. The molecule has 1 aliphatic heterocycles. The molecule has 0 amide bonds. The summed E-state index contributed by atoms with van der Waals surface area (Å²) in [5, 5.41) is 3.39. The van der Waals surface area contributed by atoms with Crippen molar-refractivity contribution in [2.24, 2.45) is 4.99 Å². The number of guanidine groups is 1. The molecule has 0 bridgehead atoms. The number of aliphatic imine (C=N–C) groups is 1. The molecule has 7 heteroatoms. The van der Waals surface area contributed by atoms with Gasteiger partial charge in [0.1, 0.15) is 11.5 Å². The van der Waals surface area contributed by atoms with E-state index >= 15 is 0 Å². The smallest absolute Gasteiger partial charge is 0.193 e. The van der Waals surface area contributed by atoms with Crippen LogP contribution in [0.15, 0.2) is 23.2 Å². The molecule has 0 radical (unpaired) electrons. The minimum atomic E-state index is 0.350. The van der Waals surface area contributed by atoms with E-state index in [-0.39, 0.29) is 0 Å². The Morgan fingerprint density at radius 3 is 2.70 bits per heavy atom. The number of methoxy groups -OCH3 is 2. The van der Waals surface area contributed by atoms with Crippen molar-refractivity contribution in [2.45, 2.75) is 31.9 Å². The van der Waals surface area contributed by atoms with Crippen LogP contribution in [-0.2, 0) is 16.0 Å². The van der Waals surface area contributed by atoms with Crippen LogP contribution in [0.3, 0.4) is 0 Å². The van der Waals surface area contributed by atoms with Crippen LogP contribution in [0, 0.1) is 0 Å². The van der Waals surface area contributed by atoms with Crippen molar-refractivity contribution in [3.8, 4) is 11.5 Å². The fourth-order valence-electron chi connectivity index (χ4n) is 3.06. The molecule has 7 nitrogen and oxygen atoms in total. The number of nitrogens with zero attached hydrogens (tertiary/aromatic N) is 2. The Kier molecular flexibility index (Phi) is 9.21. The first-order valence-electron chi connectivity index (χ1n) is 9.50. The molecule has 1 aliphatic rings. The number of hydrogen-bond acceptors (Lipinski definition) is 5. The second-order valence-corrected chi connectivity index (χ2v) is 6.54. The first-order chi connectivity index (χ1) is 13.2. The monoisotopic (exact) mass is 379 g/mol. The normalized spacial score (nSPS) is 15.5. The second-order valence-electron chi connectivity index (χ2n) is 6.54. The van der Waals surface area contributed by atoms with Gasteiger partial charge >= 0.3 is 0 Å². The van der Waals surface area contributed by atoms with Gasteiger partial charge in [-0.15, -0.1) is 0 Å². The quantitative estimate of drug-likeness (QED) is 0.404. The van der Waals surface area contributed by atoms with Crippen LogP contribution in [0.2, 0.25) is 0 Å². The fraction of sp³-hybridized carbons (Fsp3) is 0.650. The molecule has 0 unspecified atom stereocenters. The Balaban J connectivity index is 1.75. The van der Waals surface area contributed by atoms with E-state index in [1.165, 1.54) is 0 Å². The third-order valence-corrected chi connectivity index (χ3v) is 4.60. The van der Waals surface area contributed by atoms with Gasteiger partial charge in [-0.3, -0.25) is 4.99 Å². The molecule has 1 fully saturated rings. The molecule has 1 heterocycles. The zero-order valence-electron chi connectivity index (χ0n) is 17.0. The summed E-state index contributed by atoms with van der Waals surface area (Å²) in [7, 11) is 7.13. The van der Waals surface area contributed by atoms with E-state index in [1.54, 1.807) is 21.3 Å². The maximum Gasteiger partial charge on any atom is 0.193 e. The van der Waals surface area contributed by atoms with Crippen molar-refractivity contribution in [1.82, 2.24) is 10.2 Å². The summed E-state index contributed by atoms with van der Waals surface area (Å²) in [5.41, 5.74) is 1.08. The summed E-state index contributed by atoms with van der Waals surface area (Å²) in [4.78, 5) is 6.44. The molecule has 1 aromatic rings. The maximum atomic E-state index is 5.90. The molecular weight excluding hydrogens is 346 g/mol. The Morgan fingerprint density at radius 2 is 2.04 bits per heavy atom. The third-order valence-electron chi connectivity index (χ3n) is 4.60. The Bertz CT molecular complexity index is 589. The lowest BCUT2D eigenvalue weighted by Gasteiger charge is -2.24. The van der Waals surface area contributed by atoms with Gasteiger partial charge < -0.3 is 29.2 Å². The van der Waals surface area contributed by atoms with Gasteiger partial charge in [0.15, 0.2) is 5.96 Å². The van der Waals surface area contributed by atoms with Crippen LogP contribution in [-0.4, -0.2) is 71.6 Å². The average molecular weight is 380 g/mol. The summed E-state index contributed by atoms with van der Waals surface area (Å²) >= 11 is 0. The highest BCUT2D eigenvalue weighted by Crippen LogP contribution is 2.25. The van der Waals surface area contributed by atoms with Gasteiger partial charge in [-0.05, 0) is 31.4 Å². The molecule has 152 valence electrons. The van der Waals surface area contributed by atoms with E-state index in [0.29, 0.717) is 12.6 Å². The summed E-state index contributed by atoms with van der Waals surface area (Å²) in [6.45, 7) is 3.89. The van der Waals surface area contributed by atoms with E-state index < -0.39 is 0 Å². The third kappa shape index (κ3) is 6.92. The van der Waals surface area contributed by atoms with Crippen molar-refractivity contribution in [3.63, 3.8) is 0 Å². The highest BCUT2D eigenvalue weighted by atomic mass is 16.5. The molecule has 0 saturated carbocycles. The summed E-state index contributed by atoms with van der Waals surface area (Å²) in [6.07, 6.45) is 3.29. The molecule has 1 saturated heterocycles. The fourth-order valence-corrected chi connectivity index (χ4v) is 3.06. The molecule has 1 N–H and O–H groups in total. The minimum Gasteiger partial charge on any atom is -0.497 e. The van der Waals surface area contributed by atoms with Gasteiger partial charge in [-0.2, -0.15) is 0 Å². The first kappa shape index (κ1) is 21.3. The lowest BCUT2D eigenvalue weighted by atomic mass is 10.1. The van der Waals surface area contributed by atoms with Crippen molar-refractivity contribution >= 4 is 5.96 Å². The van der Waals surface area contributed by atoms with Crippen molar-refractivity contribution in [1.29, 1.82) is 0 Å². The minimum absolute atomic E-state index is 0.350. The molecule has 2 rings (SSSR count). The number of ether oxygens (including phenoxy) is 4. The number of hydrogen-bond donors (Lipinski definition) is 1. The van der Waals surface area contributed by atoms with E-state index in [1.807, 2.05) is 25.2 Å². The van der Waals surface area contributed by atoms with Gasteiger partial charge in [0.2, 0.25) is 0 Å². The average Bonchev–Trinajstić information content (AvgIpc) is 2.71. The molecular formula is C20H33N3O4. The first-order valence-corrected chi connectivity index (χ1v) is 9.50. The zero-order chi connectivity index (χ0) is 19.5. The van der Waals surface area contributed by atoms with E-state index in [2.05, 4.69) is 15.2 Å². The topological polar surface area (TPSA) is 64.6 Å². The summed E-state index contributed by atoms with van der Waals surface area (Å²) < 4.78 is 22.0. The standard InChI is InChI=1S/C20H33N3O4/c1-21-20(22-10-5-11-27-17-8-12-26-13-9-17)23(2)15-16-6-7-18(24-3)14-19(16)25-4/h6-7,14,17H,5,8-13,15H2,1-4H3,(H,21,22). The molecule has 0 spiro atoms. The predicted octanol–water partition coefficient (Wildman–Crippen LogP) is 2.30. The molecule has 1 aromatic carbocycles. The van der Waals surface area contributed by atoms with Crippen LogP contribution in [0.25, 0.3) is 0 Å². The largest absolute Gasteiger partial charge is 0.497 e. The van der Waals surface area contributed by atoms with Gasteiger partial charge in [-0.25, -0.2) is 0 Å². The molecule has 0 atom stereocenters. The Morgan fingerprint density at radius 1 is 1.26 bits per heavy atom. The molecule has 0 aromatic heterocycles. The molecule has 0 aliphatic carbocycles. The Labute approximate surface area is 162 Å². The van der Waals surface area contributed by atoms with Crippen LogP contribution in [0.1, 0.15) is 24.8 Å². The second kappa shape index (κ2) is 11.7. The van der Waals surface area contributed by atoms with Gasteiger partial charge in [0.25, 0.3) is 0 Å². The van der Waals surface area contributed by atoms with Crippen LogP contribution >= 0.6 is 0 Å². The van der Waals surface area contributed by atoms with Crippen LogP contribution < -0.4 is 14.8 Å². The van der Waals surface area contributed by atoms with Crippen molar-refractivity contribution in [3.05, 3.63) is 23.8 Å². The van der Waals surface area contributed by atoms with Gasteiger partial charge in [-0.1, -0.05) is 0 Å². The maximum absolute atomic E-state index is 5.90. The van der Waals surface area contributed by atoms with Crippen LogP contribution in [0.5, 0.6) is 11.5 Å². The van der Waals surface area contributed by atoms with Crippen LogP contribution in [0.4, 0.5) is 0 Å². The molecule has 27 heavy (non-hydrogen) atoms. The van der Waals surface area contributed by atoms with Gasteiger partial charge in [0, 0.05) is 58.6 Å². The van der Waals surface area contributed by atoms with E-state index in [0.717, 1.165) is 68.6 Å². The Hall–Kier alpha value is -1.99. The SMILES string of the molecule is CN=C(NCCCOC1CCOCC1)N(C)Cc1ccc(OC)cc1OC. The van der Waals surface area contributed by atoms with Crippen molar-refractivity contribution < 1.29 is 18.9 Å². The summed E-state index contributed by atoms with van der Waals surface area (Å²) in [6, 6.07) is 5.85. The highest BCUT2D eigenvalue weighted by molar-refractivity contribution is 5.79. The number of benzene rings is 1. The number of nitrogens with one attached hydrogen (secondary N) is 1. The van der Waals surface area contributed by atoms with E-state index in [9.17, 15) is 0 Å². The lowest BCUT2D eigenvalue weighted by molar-refractivity contribution is -0.0320. The highest BCUT2D eigenvalue weighted by Gasteiger charge is 2.14. The van der Waals surface area contributed by atoms with E-state index in [4.69, 9.17) is 18.9 Å². The summed E-state index contributed by atoms with van der Waals surface area (Å²) in [5.74, 6) is 2.44. The predicted molar refractivity (Wildman–Crippen MR) is 107 cm³/mol. The van der Waals surface area contributed by atoms with Gasteiger partial charge in [0.05, 0.1) is 20.3 Å². The lowest BCUT2D eigenvalue weighted by Crippen LogP contribution is -2.39. The van der Waals surface area contributed by atoms with Crippen molar-refractivity contribution in [2.75, 3.05) is 54.7 Å². The zero-order valence-corrected chi connectivity index (χ0v) is 17.0.